The first-order valence-corrected chi connectivity index (χ1v) is 8.80. The van der Waals surface area contributed by atoms with Crippen molar-refractivity contribution in [3.8, 4) is 5.75 Å². The molecule has 3 rings (SSSR count). The van der Waals surface area contributed by atoms with Crippen molar-refractivity contribution in [2.45, 2.75) is 26.6 Å². The average molecular weight is 352 g/mol. The Hall–Kier alpha value is -2.29. The molecule has 128 valence electrons. The van der Waals surface area contributed by atoms with E-state index in [2.05, 4.69) is 48.6 Å². The van der Waals surface area contributed by atoms with Crippen LogP contribution >= 0.6 is 11.6 Å². The molecule has 3 aromatic rings. The van der Waals surface area contributed by atoms with Crippen LogP contribution in [0.4, 0.5) is 0 Å². The number of hydrogen-bond acceptors (Lipinski definition) is 2. The summed E-state index contributed by atoms with van der Waals surface area (Å²) in [6.07, 6.45) is 0. The Morgan fingerprint density at radius 1 is 0.800 bits per heavy atom. The number of aryl methyl sites for hydroxylation is 1. The van der Waals surface area contributed by atoms with E-state index in [1.165, 1.54) is 16.7 Å². The van der Waals surface area contributed by atoms with Crippen LogP contribution in [0, 0.1) is 6.92 Å². The van der Waals surface area contributed by atoms with Gasteiger partial charge in [0.05, 0.1) is 0 Å². The predicted molar refractivity (Wildman–Crippen MR) is 104 cm³/mol. The van der Waals surface area contributed by atoms with Crippen molar-refractivity contribution < 1.29 is 4.74 Å². The number of hydrogen-bond donors (Lipinski definition) is 1. The fourth-order valence-electron chi connectivity index (χ4n) is 2.54. The molecule has 0 bridgehead atoms. The van der Waals surface area contributed by atoms with Gasteiger partial charge in [-0.05, 0) is 36.2 Å². The van der Waals surface area contributed by atoms with Crippen LogP contribution in [0.25, 0.3) is 0 Å². The van der Waals surface area contributed by atoms with Gasteiger partial charge >= 0.3 is 0 Å². The van der Waals surface area contributed by atoms with Gasteiger partial charge in [-0.25, -0.2) is 0 Å². The van der Waals surface area contributed by atoms with E-state index in [1.807, 2.05) is 36.4 Å². The lowest BCUT2D eigenvalue weighted by molar-refractivity contribution is 0.306. The number of rotatable bonds is 7. The van der Waals surface area contributed by atoms with Crippen molar-refractivity contribution in [1.82, 2.24) is 5.32 Å². The van der Waals surface area contributed by atoms with Gasteiger partial charge in [0.1, 0.15) is 12.4 Å². The number of nitrogens with one attached hydrogen (secondary N) is 1. The highest BCUT2D eigenvalue weighted by molar-refractivity contribution is 6.31. The maximum Gasteiger partial charge on any atom is 0.119 e. The number of ether oxygens (including phenoxy) is 1. The minimum absolute atomic E-state index is 0.477. The lowest BCUT2D eigenvalue weighted by Gasteiger charge is -2.09. The molecule has 0 saturated carbocycles. The summed E-state index contributed by atoms with van der Waals surface area (Å²) in [7, 11) is 0. The van der Waals surface area contributed by atoms with Gasteiger partial charge in [0.15, 0.2) is 0 Å². The zero-order valence-electron chi connectivity index (χ0n) is 14.3. The first kappa shape index (κ1) is 17.5. The van der Waals surface area contributed by atoms with Crippen molar-refractivity contribution in [2.75, 3.05) is 0 Å². The Kier molecular flexibility index (Phi) is 6.10. The molecule has 0 heterocycles. The Morgan fingerprint density at radius 3 is 2.04 bits per heavy atom. The summed E-state index contributed by atoms with van der Waals surface area (Å²) in [5.41, 5.74) is 4.81. The van der Waals surface area contributed by atoms with Crippen LogP contribution in [0.2, 0.25) is 5.02 Å². The highest BCUT2D eigenvalue weighted by atomic mass is 35.5. The van der Waals surface area contributed by atoms with Gasteiger partial charge in [-0.3, -0.25) is 0 Å². The minimum Gasteiger partial charge on any atom is -0.489 e. The maximum atomic E-state index is 6.14. The van der Waals surface area contributed by atoms with Gasteiger partial charge in [-0.2, -0.15) is 0 Å². The number of halogens is 1. The molecule has 0 saturated heterocycles. The second kappa shape index (κ2) is 8.70. The van der Waals surface area contributed by atoms with Crippen molar-refractivity contribution in [2.24, 2.45) is 0 Å². The summed E-state index contributed by atoms with van der Waals surface area (Å²) in [6.45, 7) is 4.28. The average Bonchev–Trinajstić information content (AvgIpc) is 2.64. The van der Waals surface area contributed by atoms with Crippen molar-refractivity contribution in [3.05, 3.63) is 100 Å². The van der Waals surface area contributed by atoms with Crippen LogP contribution in [0.1, 0.15) is 22.3 Å². The molecule has 0 atom stereocenters. The summed E-state index contributed by atoms with van der Waals surface area (Å²) in [4.78, 5) is 0. The highest BCUT2D eigenvalue weighted by Gasteiger charge is 2.01. The molecule has 1 N–H and O–H groups in total. The van der Waals surface area contributed by atoms with E-state index < -0.39 is 0 Å². The van der Waals surface area contributed by atoms with Crippen LogP contribution in [0.3, 0.4) is 0 Å². The van der Waals surface area contributed by atoms with Crippen LogP contribution in [0.15, 0.2) is 72.8 Å². The summed E-state index contributed by atoms with van der Waals surface area (Å²) in [6, 6.07) is 24.5. The summed E-state index contributed by atoms with van der Waals surface area (Å²) >= 11 is 6.14. The predicted octanol–water partition coefficient (Wildman–Crippen LogP) is 5.52. The first-order chi connectivity index (χ1) is 12.2. The molecule has 0 aliphatic rings. The molecule has 3 heteroatoms. The molecule has 0 spiro atoms. The van der Waals surface area contributed by atoms with E-state index in [9.17, 15) is 0 Å². The molecule has 25 heavy (non-hydrogen) atoms. The molecule has 3 aromatic carbocycles. The van der Waals surface area contributed by atoms with Gasteiger partial charge in [-0.1, -0.05) is 71.8 Å². The number of benzene rings is 3. The largest absolute Gasteiger partial charge is 0.489 e. The first-order valence-electron chi connectivity index (χ1n) is 8.42. The fourth-order valence-corrected chi connectivity index (χ4v) is 2.73. The van der Waals surface area contributed by atoms with Crippen molar-refractivity contribution in [3.63, 3.8) is 0 Å². The normalized spacial score (nSPS) is 10.6. The third kappa shape index (κ3) is 5.35. The van der Waals surface area contributed by atoms with Gasteiger partial charge in [0, 0.05) is 23.7 Å². The molecular formula is C22H22ClNO. The monoisotopic (exact) mass is 351 g/mol. The third-order valence-electron chi connectivity index (χ3n) is 4.05. The van der Waals surface area contributed by atoms with Crippen LogP contribution in [-0.4, -0.2) is 0 Å². The molecule has 0 aliphatic heterocycles. The Balaban J connectivity index is 1.47. The zero-order chi connectivity index (χ0) is 17.5. The quantitative estimate of drug-likeness (QED) is 0.605. The standard InChI is InChI=1S/C22H22ClNO/c1-17-6-8-18(9-7-17)14-24-15-19-10-12-21(13-11-19)25-16-20-4-2-3-5-22(20)23/h2-13,24H,14-16H2,1H3. The van der Waals surface area contributed by atoms with E-state index in [1.54, 1.807) is 0 Å². The topological polar surface area (TPSA) is 21.3 Å². The van der Waals surface area contributed by atoms with E-state index in [4.69, 9.17) is 16.3 Å². The summed E-state index contributed by atoms with van der Waals surface area (Å²) < 4.78 is 5.81. The second-order valence-corrected chi connectivity index (χ2v) is 6.52. The van der Waals surface area contributed by atoms with Crippen LogP contribution < -0.4 is 10.1 Å². The Morgan fingerprint density at radius 2 is 1.40 bits per heavy atom. The van der Waals surface area contributed by atoms with Gasteiger partial charge in [0.2, 0.25) is 0 Å². The third-order valence-corrected chi connectivity index (χ3v) is 4.42. The van der Waals surface area contributed by atoms with E-state index in [0.29, 0.717) is 6.61 Å². The van der Waals surface area contributed by atoms with Gasteiger partial charge in [-0.15, -0.1) is 0 Å². The molecule has 0 unspecified atom stereocenters. The molecule has 0 aliphatic carbocycles. The smallest absolute Gasteiger partial charge is 0.119 e. The Labute approximate surface area is 154 Å². The highest BCUT2D eigenvalue weighted by Crippen LogP contribution is 2.19. The lowest BCUT2D eigenvalue weighted by atomic mass is 10.1. The second-order valence-electron chi connectivity index (χ2n) is 6.11. The minimum atomic E-state index is 0.477. The maximum absolute atomic E-state index is 6.14. The van der Waals surface area contributed by atoms with E-state index >= 15 is 0 Å². The van der Waals surface area contributed by atoms with Gasteiger partial charge in [0.25, 0.3) is 0 Å². The van der Waals surface area contributed by atoms with Crippen molar-refractivity contribution in [1.29, 1.82) is 0 Å². The Bertz CT molecular complexity index is 797. The SMILES string of the molecule is Cc1ccc(CNCc2ccc(OCc3ccccc3Cl)cc2)cc1. The van der Waals surface area contributed by atoms with E-state index in [-0.39, 0.29) is 0 Å². The summed E-state index contributed by atoms with van der Waals surface area (Å²) in [5, 5.41) is 4.20. The lowest BCUT2D eigenvalue weighted by Crippen LogP contribution is -2.12. The zero-order valence-corrected chi connectivity index (χ0v) is 15.1. The molecule has 2 nitrogen and oxygen atoms in total. The molecule has 0 aromatic heterocycles. The van der Waals surface area contributed by atoms with Gasteiger partial charge < -0.3 is 10.1 Å². The van der Waals surface area contributed by atoms with Crippen LogP contribution in [-0.2, 0) is 19.7 Å². The molecule has 0 radical (unpaired) electrons. The van der Waals surface area contributed by atoms with Crippen LogP contribution in [0.5, 0.6) is 5.75 Å². The summed E-state index contributed by atoms with van der Waals surface area (Å²) in [5.74, 6) is 0.849. The van der Waals surface area contributed by atoms with E-state index in [0.717, 1.165) is 29.4 Å². The molecule has 0 fully saturated rings. The molecular weight excluding hydrogens is 330 g/mol. The fraction of sp³-hybridized carbons (Fsp3) is 0.182. The molecule has 0 amide bonds. The van der Waals surface area contributed by atoms with Crippen molar-refractivity contribution >= 4 is 11.6 Å².